The molecule has 0 aliphatic heterocycles. The van der Waals surface area contributed by atoms with Gasteiger partial charge in [-0.3, -0.25) is 0 Å². The van der Waals surface area contributed by atoms with Crippen LogP contribution in [0.15, 0.2) is 24.3 Å². The first-order valence-electron chi connectivity index (χ1n) is 6.78. The molecule has 0 saturated heterocycles. The number of benzene rings is 1. The van der Waals surface area contributed by atoms with Gasteiger partial charge in [0.1, 0.15) is 5.82 Å². The predicted molar refractivity (Wildman–Crippen MR) is 72.5 cm³/mol. The quantitative estimate of drug-likeness (QED) is 0.898. The van der Waals surface area contributed by atoms with Crippen molar-refractivity contribution in [1.82, 2.24) is 9.55 Å². The van der Waals surface area contributed by atoms with Crippen LogP contribution in [-0.2, 0) is 13.0 Å². The zero-order valence-corrected chi connectivity index (χ0v) is 11.1. The summed E-state index contributed by atoms with van der Waals surface area (Å²) < 4.78 is 2.21. The van der Waals surface area contributed by atoms with Gasteiger partial charge in [0.15, 0.2) is 0 Å². The maximum atomic E-state index is 10.5. The highest BCUT2D eigenvalue weighted by molar-refractivity contribution is 5.75. The molecule has 0 radical (unpaired) electrons. The normalized spacial score (nSPS) is 19.1. The maximum absolute atomic E-state index is 10.5. The highest BCUT2D eigenvalue weighted by atomic mass is 16.3. The molecule has 1 heterocycles. The Bertz CT molecular complexity index is 567. The standard InChI is InChI=1S/C15H20N2O/c1-3-17-13-7-5-4-6-12(13)16-14(17)10-15(2,18)11-8-9-11/h4-7,11,18H,3,8-10H2,1-2H3. The van der Waals surface area contributed by atoms with Crippen LogP contribution in [0.2, 0.25) is 0 Å². The van der Waals surface area contributed by atoms with Crippen molar-refractivity contribution < 1.29 is 5.11 Å². The van der Waals surface area contributed by atoms with Crippen LogP contribution in [0.5, 0.6) is 0 Å². The molecule has 0 spiro atoms. The number of hydrogen-bond acceptors (Lipinski definition) is 2. The number of nitrogens with zero attached hydrogens (tertiary/aromatic N) is 2. The largest absolute Gasteiger partial charge is 0.389 e. The van der Waals surface area contributed by atoms with E-state index < -0.39 is 5.60 Å². The molecule has 96 valence electrons. The molecule has 1 aromatic carbocycles. The fourth-order valence-corrected chi connectivity index (χ4v) is 2.78. The maximum Gasteiger partial charge on any atom is 0.112 e. The minimum atomic E-state index is -0.603. The van der Waals surface area contributed by atoms with Gasteiger partial charge in [0, 0.05) is 13.0 Å². The number of fused-ring (bicyclic) bond motifs is 1. The van der Waals surface area contributed by atoms with E-state index in [9.17, 15) is 5.11 Å². The van der Waals surface area contributed by atoms with E-state index in [0.717, 1.165) is 30.7 Å². The van der Waals surface area contributed by atoms with E-state index in [1.165, 1.54) is 5.52 Å². The summed E-state index contributed by atoms with van der Waals surface area (Å²) in [7, 11) is 0. The van der Waals surface area contributed by atoms with Crippen molar-refractivity contribution in [2.24, 2.45) is 5.92 Å². The van der Waals surface area contributed by atoms with Crippen molar-refractivity contribution in [3.05, 3.63) is 30.1 Å². The third-order valence-corrected chi connectivity index (χ3v) is 4.02. The van der Waals surface area contributed by atoms with Gasteiger partial charge < -0.3 is 9.67 Å². The van der Waals surface area contributed by atoms with Gasteiger partial charge in [-0.15, -0.1) is 0 Å². The van der Waals surface area contributed by atoms with E-state index >= 15 is 0 Å². The first-order chi connectivity index (χ1) is 8.62. The van der Waals surface area contributed by atoms with Crippen molar-refractivity contribution in [3.8, 4) is 0 Å². The van der Waals surface area contributed by atoms with Crippen LogP contribution in [-0.4, -0.2) is 20.3 Å². The van der Waals surface area contributed by atoms with Crippen molar-refractivity contribution in [2.75, 3.05) is 0 Å². The van der Waals surface area contributed by atoms with Gasteiger partial charge in [-0.2, -0.15) is 0 Å². The summed E-state index contributed by atoms with van der Waals surface area (Å²) in [5, 5.41) is 10.5. The van der Waals surface area contributed by atoms with Crippen LogP contribution in [0, 0.1) is 5.92 Å². The van der Waals surface area contributed by atoms with E-state index in [4.69, 9.17) is 0 Å². The molecule has 0 bridgehead atoms. The average Bonchev–Trinajstić information content (AvgIpc) is 3.12. The monoisotopic (exact) mass is 244 g/mol. The Labute approximate surface area is 107 Å². The molecule has 0 amide bonds. The summed E-state index contributed by atoms with van der Waals surface area (Å²) in [5.74, 6) is 1.47. The van der Waals surface area contributed by atoms with Crippen LogP contribution in [0.4, 0.5) is 0 Å². The van der Waals surface area contributed by atoms with Gasteiger partial charge in [-0.25, -0.2) is 4.98 Å². The first kappa shape index (κ1) is 11.7. The molecule has 3 nitrogen and oxygen atoms in total. The molecule has 1 aliphatic rings. The van der Waals surface area contributed by atoms with E-state index in [2.05, 4.69) is 22.5 Å². The van der Waals surface area contributed by atoms with Crippen LogP contribution in [0.1, 0.15) is 32.5 Å². The predicted octanol–water partition coefficient (Wildman–Crippen LogP) is 2.76. The second-order valence-electron chi connectivity index (χ2n) is 5.57. The molecule has 3 rings (SSSR count). The molecule has 1 fully saturated rings. The smallest absolute Gasteiger partial charge is 0.112 e. The fourth-order valence-electron chi connectivity index (χ4n) is 2.78. The summed E-state index contributed by atoms with van der Waals surface area (Å²) >= 11 is 0. The number of imidazole rings is 1. The highest BCUT2D eigenvalue weighted by Gasteiger charge is 2.40. The van der Waals surface area contributed by atoms with Gasteiger partial charge in [0.2, 0.25) is 0 Å². The van der Waals surface area contributed by atoms with E-state index in [1.807, 2.05) is 25.1 Å². The molecule has 1 unspecified atom stereocenters. The second kappa shape index (κ2) is 4.09. The molecule has 3 heteroatoms. The third-order valence-electron chi connectivity index (χ3n) is 4.02. The lowest BCUT2D eigenvalue weighted by Gasteiger charge is -2.22. The average molecular weight is 244 g/mol. The number of para-hydroxylation sites is 2. The molecule has 1 aromatic heterocycles. The molecule has 1 N–H and O–H groups in total. The lowest BCUT2D eigenvalue weighted by atomic mass is 9.96. The Morgan fingerprint density at radius 2 is 2.11 bits per heavy atom. The minimum Gasteiger partial charge on any atom is -0.389 e. The molecule has 18 heavy (non-hydrogen) atoms. The highest BCUT2D eigenvalue weighted by Crippen LogP contribution is 2.41. The van der Waals surface area contributed by atoms with Crippen LogP contribution >= 0.6 is 0 Å². The van der Waals surface area contributed by atoms with Crippen LogP contribution < -0.4 is 0 Å². The van der Waals surface area contributed by atoms with Gasteiger partial charge in [0.25, 0.3) is 0 Å². The van der Waals surface area contributed by atoms with Crippen molar-refractivity contribution in [1.29, 1.82) is 0 Å². The van der Waals surface area contributed by atoms with E-state index in [0.29, 0.717) is 12.3 Å². The Morgan fingerprint density at radius 3 is 2.78 bits per heavy atom. The molecular formula is C15H20N2O. The van der Waals surface area contributed by atoms with Crippen LogP contribution in [0.25, 0.3) is 11.0 Å². The van der Waals surface area contributed by atoms with Crippen molar-refractivity contribution in [3.63, 3.8) is 0 Å². The van der Waals surface area contributed by atoms with Gasteiger partial charge in [-0.1, -0.05) is 12.1 Å². The Balaban J connectivity index is 2.00. The second-order valence-corrected chi connectivity index (χ2v) is 5.57. The van der Waals surface area contributed by atoms with Gasteiger partial charge in [-0.05, 0) is 44.7 Å². The number of aromatic nitrogens is 2. The zero-order chi connectivity index (χ0) is 12.8. The lowest BCUT2D eigenvalue weighted by Crippen LogP contribution is -2.31. The molecule has 1 aliphatic carbocycles. The summed E-state index contributed by atoms with van der Waals surface area (Å²) in [5.41, 5.74) is 1.59. The Kier molecular flexibility index (Phi) is 2.67. The number of aliphatic hydroxyl groups is 1. The number of aryl methyl sites for hydroxylation is 1. The number of hydrogen-bond donors (Lipinski definition) is 1. The first-order valence-corrected chi connectivity index (χ1v) is 6.78. The summed E-state index contributed by atoms with van der Waals surface area (Å²) in [6, 6.07) is 8.19. The van der Waals surface area contributed by atoms with Crippen molar-refractivity contribution >= 4 is 11.0 Å². The minimum absolute atomic E-state index is 0.461. The summed E-state index contributed by atoms with van der Waals surface area (Å²) in [4.78, 5) is 4.68. The lowest BCUT2D eigenvalue weighted by molar-refractivity contribution is 0.0346. The topological polar surface area (TPSA) is 38.0 Å². The third kappa shape index (κ3) is 1.93. The van der Waals surface area contributed by atoms with Crippen molar-refractivity contribution in [2.45, 2.75) is 45.3 Å². The molecular weight excluding hydrogens is 224 g/mol. The number of rotatable bonds is 4. The molecule has 2 aromatic rings. The Hall–Kier alpha value is -1.35. The summed E-state index contributed by atoms with van der Waals surface area (Å²) in [6.45, 7) is 4.98. The van der Waals surface area contributed by atoms with Gasteiger partial charge in [0.05, 0.1) is 16.6 Å². The Morgan fingerprint density at radius 1 is 1.39 bits per heavy atom. The summed E-state index contributed by atoms with van der Waals surface area (Å²) in [6.07, 6.45) is 2.96. The van der Waals surface area contributed by atoms with E-state index in [-0.39, 0.29) is 0 Å². The fraction of sp³-hybridized carbons (Fsp3) is 0.533. The van der Waals surface area contributed by atoms with E-state index in [1.54, 1.807) is 0 Å². The SMILES string of the molecule is CCn1c(CC(C)(O)C2CC2)nc2ccccc21. The molecule has 1 atom stereocenters. The van der Waals surface area contributed by atoms with Crippen LogP contribution in [0.3, 0.4) is 0 Å². The molecule has 1 saturated carbocycles. The zero-order valence-electron chi connectivity index (χ0n) is 11.1. The van der Waals surface area contributed by atoms with Gasteiger partial charge >= 0.3 is 0 Å².